The standard InChI is InChI=1S/C9H15N5O7S2/c1-14(22(4,16)17)23(18,19)13-9(15)12-8-10-6(20-2)5-7(11-8)21-3/h5H,1-4H3,(H2,10,11,12,13,15)/i2+1D3. The number of hydrogen-bond donors (Lipinski definition) is 2. The molecule has 0 aliphatic carbocycles. The second kappa shape index (κ2) is 6.93. The van der Waals surface area contributed by atoms with E-state index in [0.29, 0.717) is 6.26 Å². The molecule has 0 aliphatic heterocycles. The molecule has 1 aromatic rings. The van der Waals surface area contributed by atoms with E-state index in [1.165, 1.54) is 11.8 Å². The normalized spacial score (nSPS) is 14.3. The number of nitrogens with one attached hydrogen (secondary N) is 2. The Labute approximate surface area is 137 Å². The van der Waals surface area contributed by atoms with Gasteiger partial charge in [0.15, 0.2) is 0 Å². The molecule has 2 N–H and O–H groups in total. The van der Waals surface area contributed by atoms with Gasteiger partial charge in [0.2, 0.25) is 27.7 Å². The fourth-order valence-electron chi connectivity index (χ4n) is 1.10. The SMILES string of the molecule is [2H][13C]([2H])([2H])Oc1cc(OC)nc(NC(=O)NS(=O)(=O)N(C)S(C)(=O)=O)n1. The van der Waals surface area contributed by atoms with E-state index < -0.39 is 45.1 Å². The van der Waals surface area contributed by atoms with Crippen LogP contribution in [0, 0.1) is 0 Å². The van der Waals surface area contributed by atoms with Gasteiger partial charge in [-0.1, -0.05) is 3.71 Å². The summed E-state index contributed by atoms with van der Waals surface area (Å²) >= 11 is 0. The number of nitrogens with zero attached hydrogens (tertiary/aromatic N) is 3. The molecular weight excluding hydrogens is 355 g/mol. The highest BCUT2D eigenvalue weighted by molar-refractivity contribution is 8.03. The van der Waals surface area contributed by atoms with E-state index in [9.17, 15) is 21.6 Å². The molecule has 12 nitrogen and oxygen atoms in total. The van der Waals surface area contributed by atoms with Crippen molar-refractivity contribution >= 4 is 32.2 Å². The molecule has 0 aliphatic rings. The van der Waals surface area contributed by atoms with Crippen molar-refractivity contribution in [3.05, 3.63) is 6.07 Å². The average molecular weight is 373 g/mol. The van der Waals surface area contributed by atoms with E-state index in [1.54, 1.807) is 0 Å². The van der Waals surface area contributed by atoms with Crippen molar-refractivity contribution in [2.75, 3.05) is 32.8 Å². The Morgan fingerprint density at radius 1 is 1.26 bits per heavy atom. The van der Waals surface area contributed by atoms with Crippen LogP contribution in [0.15, 0.2) is 6.07 Å². The molecule has 23 heavy (non-hydrogen) atoms. The molecule has 130 valence electrons. The largest absolute Gasteiger partial charge is 0.481 e. The van der Waals surface area contributed by atoms with Crippen molar-refractivity contribution < 1.29 is 35.2 Å². The molecule has 1 aromatic heterocycles. The number of ether oxygens (including phenoxy) is 2. The topological polar surface area (TPSA) is 157 Å². The summed E-state index contributed by atoms with van der Waals surface area (Å²) in [4.78, 5) is 19.0. The van der Waals surface area contributed by atoms with Crippen LogP contribution in [0.2, 0.25) is 0 Å². The number of amides is 2. The van der Waals surface area contributed by atoms with Crippen LogP contribution >= 0.6 is 0 Å². The van der Waals surface area contributed by atoms with Crippen LogP contribution in [0.3, 0.4) is 0 Å². The summed E-state index contributed by atoms with van der Waals surface area (Å²) in [6, 6.07) is -0.391. The summed E-state index contributed by atoms with van der Waals surface area (Å²) in [6.45, 7) is 0. The molecule has 0 atom stereocenters. The Bertz CT molecular complexity index is 887. The molecular formula is C9H15N5O7S2. The van der Waals surface area contributed by atoms with Gasteiger partial charge >= 0.3 is 16.2 Å². The third-order valence-corrected chi connectivity index (χ3v) is 5.70. The van der Waals surface area contributed by atoms with Gasteiger partial charge in [0.05, 0.1) is 30.6 Å². The van der Waals surface area contributed by atoms with Crippen LogP contribution in [0.4, 0.5) is 10.7 Å². The number of urea groups is 1. The monoisotopic (exact) mass is 373 g/mol. The number of aromatic nitrogens is 2. The maximum absolute atomic E-state index is 11.8. The molecule has 0 spiro atoms. The van der Waals surface area contributed by atoms with Crippen LogP contribution in [-0.4, -0.2) is 64.0 Å². The lowest BCUT2D eigenvalue weighted by molar-refractivity contribution is 0.256. The van der Waals surface area contributed by atoms with E-state index in [-0.39, 0.29) is 9.59 Å². The number of rotatable bonds is 6. The Hall–Kier alpha value is -2.19. The summed E-state index contributed by atoms with van der Waals surface area (Å²) in [7, 11) is -9.80. The Morgan fingerprint density at radius 2 is 1.83 bits per heavy atom. The fraction of sp³-hybridized carbons (Fsp3) is 0.444. The first-order valence-electron chi connectivity index (χ1n) is 7.04. The van der Waals surface area contributed by atoms with Crippen molar-refractivity contribution in [3.8, 4) is 11.8 Å². The lowest BCUT2D eigenvalue weighted by Crippen LogP contribution is -2.45. The zero-order valence-electron chi connectivity index (χ0n) is 15.1. The summed E-state index contributed by atoms with van der Waals surface area (Å²) in [5.41, 5.74) is 0. The van der Waals surface area contributed by atoms with Gasteiger partial charge in [-0.05, 0) is 0 Å². The van der Waals surface area contributed by atoms with E-state index >= 15 is 0 Å². The number of carbonyl (C=O) groups excluding carboxylic acids is 1. The van der Waals surface area contributed by atoms with Crippen molar-refractivity contribution in [2.45, 2.75) is 0 Å². The van der Waals surface area contributed by atoms with Crippen LogP contribution < -0.4 is 19.5 Å². The lowest BCUT2D eigenvalue weighted by atomic mass is 10.6. The van der Waals surface area contributed by atoms with Gasteiger partial charge < -0.3 is 9.47 Å². The maximum atomic E-state index is 11.8. The molecule has 14 heteroatoms. The van der Waals surface area contributed by atoms with Gasteiger partial charge in [0.1, 0.15) is 0 Å². The number of methoxy groups -OCH3 is 2. The minimum atomic E-state index is -4.72. The second-order valence-electron chi connectivity index (χ2n) is 3.88. The Morgan fingerprint density at radius 3 is 2.30 bits per heavy atom. The summed E-state index contributed by atoms with van der Waals surface area (Å²) < 4.78 is 77.7. The maximum Gasteiger partial charge on any atom is 0.336 e. The summed E-state index contributed by atoms with van der Waals surface area (Å²) in [5.74, 6) is -1.23. The van der Waals surface area contributed by atoms with E-state index in [1.807, 2.05) is 5.32 Å². The molecule has 2 amide bonds. The first-order valence-corrected chi connectivity index (χ1v) is 8.83. The number of sulfonamides is 1. The molecule has 0 saturated carbocycles. The Kier molecular flexibility index (Phi) is 4.34. The molecule has 1 rings (SSSR count). The van der Waals surface area contributed by atoms with Crippen LogP contribution in [0.25, 0.3) is 0 Å². The molecule has 0 unspecified atom stereocenters. The fourth-order valence-corrected chi connectivity index (χ4v) is 3.06. The molecule has 0 bridgehead atoms. The quantitative estimate of drug-likeness (QED) is 0.581. The summed E-state index contributed by atoms with van der Waals surface area (Å²) in [6.07, 6.45) is 0.619. The zero-order valence-corrected chi connectivity index (χ0v) is 13.7. The smallest absolute Gasteiger partial charge is 0.336 e. The van der Waals surface area contributed by atoms with Gasteiger partial charge in [0.25, 0.3) is 0 Å². The van der Waals surface area contributed by atoms with Gasteiger partial charge in [-0.3, -0.25) is 5.32 Å². The molecule has 0 fully saturated rings. The van der Waals surface area contributed by atoms with Crippen molar-refractivity contribution in [1.29, 1.82) is 0 Å². The van der Waals surface area contributed by atoms with Gasteiger partial charge in [-0.25, -0.2) is 17.9 Å². The predicted molar refractivity (Wildman–Crippen MR) is 78.8 cm³/mol. The number of hydrogen-bond acceptors (Lipinski definition) is 9. The number of anilines is 1. The highest BCUT2D eigenvalue weighted by atomic mass is 32.3. The highest BCUT2D eigenvalue weighted by Crippen LogP contribution is 2.17. The second-order valence-corrected chi connectivity index (χ2v) is 7.83. The van der Waals surface area contributed by atoms with E-state index in [2.05, 4.69) is 14.7 Å². The Balaban J connectivity index is 3.01. The van der Waals surface area contributed by atoms with Gasteiger partial charge in [-0.15, -0.1) is 0 Å². The van der Waals surface area contributed by atoms with Gasteiger partial charge in [-0.2, -0.15) is 18.4 Å². The van der Waals surface area contributed by atoms with Crippen molar-refractivity contribution in [3.63, 3.8) is 0 Å². The third-order valence-electron chi connectivity index (χ3n) is 2.25. The van der Waals surface area contributed by atoms with Crippen LogP contribution in [-0.2, 0) is 20.2 Å². The molecule has 0 saturated heterocycles. The van der Waals surface area contributed by atoms with E-state index in [0.717, 1.165) is 13.1 Å². The number of carbonyl (C=O) groups is 1. The average Bonchev–Trinajstić information content (AvgIpc) is 2.42. The zero-order chi connectivity index (χ0) is 20.3. The van der Waals surface area contributed by atoms with Crippen molar-refractivity contribution in [2.24, 2.45) is 0 Å². The third kappa shape index (κ3) is 5.19. The predicted octanol–water partition coefficient (Wildman–Crippen LogP) is -1.25. The minimum absolute atomic E-state index is 0.0603. The van der Waals surface area contributed by atoms with E-state index in [4.69, 9.17) is 8.85 Å². The van der Waals surface area contributed by atoms with Gasteiger partial charge in [0, 0.05) is 7.05 Å². The molecule has 0 aromatic carbocycles. The first kappa shape index (κ1) is 14.4. The lowest BCUT2D eigenvalue weighted by Gasteiger charge is -2.15. The summed E-state index contributed by atoms with van der Waals surface area (Å²) in [5, 5.41) is 1.89. The van der Waals surface area contributed by atoms with Crippen LogP contribution in [0.1, 0.15) is 4.11 Å². The van der Waals surface area contributed by atoms with Crippen molar-refractivity contribution in [1.82, 2.24) is 18.4 Å². The highest BCUT2D eigenvalue weighted by Gasteiger charge is 2.28. The minimum Gasteiger partial charge on any atom is -0.481 e. The molecule has 1 heterocycles. The van der Waals surface area contributed by atoms with Crippen LogP contribution in [0.5, 0.6) is 11.8 Å². The molecule has 0 radical (unpaired) electrons. The first-order chi connectivity index (χ1) is 11.6.